The van der Waals surface area contributed by atoms with Gasteiger partial charge in [-0.15, -0.1) is 0 Å². The van der Waals surface area contributed by atoms with Crippen molar-refractivity contribution in [1.82, 2.24) is 5.32 Å². The summed E-state index contributed by atoms with van der Waals surface area (Å²) in [4.78, 5) is 0. The number of hydrogen-bond acceptors (Lipinski definition) is 2. The second kappa shape index (κ2) is 5.93. The Hall–Kier alpha value is -1.14. The first-order chi connectivity index (χ1) is 9.67. The van der Waals surface area contributed by atoms with Gasteiger partial charge in [-0.2, -0.15) is 13.2 Å². The molecule has 1 heterocycles. The molecule has 1 aliphatic rings. The van der Waals surface area contributed by atoms with E-state index in [1.54, 1.807) is 0 Å². The Bertz CT molecular complexity index is 499. The van der Waals surface area contributed by atoms with E-state index in [0.29, 0.717) is 12.2 Å². The van der Waals surface area contributed by atoms with Crippen molar-refractivity contribution >= 4 is 0 Å². The maximum absolute atomic E-state index is 13.2. The van der Waals surface area contributed by atoms with E-state index in [1.807, 2.05) is 13.8 Å². The minimum atomic E-state index is -4.67. The van der Waals surface area contributed by atoms with Crippen molar-refractivity contribution in [3.8, 4) is 0 Å². The van der Waals surface area contributed by atoms with E-state index in [2.05, 4.69) is 5.32 Å². The van der Waals surface area contributed by atoms with Crippen LogP contribution in [0.4, 0.5) is 17.6 Å². The smallest absolute Gasteiger partial charge is 0.375 e. The summed E-state index contributed by atoms with van der Waals surface area (Å²) in [6, 6.07) is 3.30. The van der Waals surface area contributed by atoms with Crippen LogP contribution in [0.3, 0.4) is 0 Å². The summed E-state index contributed by atoms with van der Waals surface area (Å²) in [6.07, 6.45) is -3.06. The lowest BCUT2D eigenvalue weighted by molar-refractivity contribution is -0.140. The van der Waals surface area contributed by atoms with E-state index in [0.717, 1.165) is 25.0 Å². The number of rotatable bonds is 3. The zero-order valence-corrected chi connectivity index (χ0v) is 12.1. The average Bonchev–Trinajstić information content (AvgIpc) is 2.35. The molecule has 1 saturated heterocycles. The molecule has 21 heavy (non-hydrogen) atoms. The van der Waals surface area contributed by atoms with Gasteiger partial charge in [-0.25, -0.2) is 4.39 Å². The van der Waals surface area contributed by atoms with Crippen LogP contribution in [0.2, 0.25) is 0 Å². The highest BCUT2D eigenvalue weighted by Crippen LogP contribution is 2.32. The Morgan fingerprint density at radius 3 is 2.67 bits per heavy atom. The molecule has 1 atom stereocenters. The van der Waals surface area contributed by atoms with E-state index >= 15 is 0 Å². The molecule has 6 heteroatoms. The first-order valence-corrected chi connectivity index (χ1v) is 6.90. The molecule has 1 aromatic rings. The molecule has 1 fully saturated rings. The molecule has 1 aliphatic heterocycles. The van der Waals surface area contributed by atoms with Gasteiger partial charge in [-0.3, -0.25) is 0 Å². The quantitative estimate of drug-likeness (QED) is 0.855. The van der Waals surface area contributed by atoms with Gasteiger partial charge in [0.1, 0.15) is 5.82 Å². The lowest BCUT2D eigenvalue weighted by atomic mass is 9.94. The molecule has 0 radical (unpaired) electrons. The molecule has 0 bridgehead atoms. The Labute approximate surface area is 121 Å². The first kappa shape index (κ1) is 16.2. The number of alkyl halides is 3. The van der Waals surface area contributed by atoms with Crippen LogP contribution < -0.4 is 5.32 Å². The molecule has 2 nitrogen and oxygen atoms in total. The fraction of sp³-hybridized carbons (Fsp3) is 0.600. The van der Waals surface area contributed by atoms with Crippen LogP contribution in [0.25, 0.3) is 0 Å². The van der Waals surface area contributed by atoms with Crippen molar-refractivity contribution in [3.63, 3.8) is 0 Å². The van der Waals surface area contributed by atoms with Gasteiger partial charge in [-0.05, 0) is 44.4 Å². The van der Waals surface area contributed by atoms with Gasteiger partial charge in [0, 0.05) is 19.2 Å². The predicted octanol–water partition coefficient (Wildman–Crippen LogP) is 3.89. The normalized spacial score (nSPS) is 22.3. The summed E-state index contributed by atoms with van der Waals surface area (Å²) < 4.78 is 56.7. The van der Waals surface area contributed by atoms with E-state index in [9.17, 15) is 17.6 Å². The van der Waals surface area contributed by atoms with E-state index in [4.69, 9.17) is 4.74 Å². The minimum absolute atomic E-state index is 0.188. The average molecular weight is 305 g/mol. The summed E-state index contributed by atoms with van der Waals surface area (Å²) in [5.41, 5.74) is -1.02. The zero-order chi connectivity index (χ0) is 15.7. The second-order valence-corrected chi connectivity index (χ2v) is 5.99. The lowest BCUT2D eigenvalue weighted by Gasteiger charge is -2.36. The Morgan fingerprint density at radius 1 is 1.33 bits per heavy atom. The number of benzene rings is 1. The van der Waals surface area contributed by atoms with Gasteiger partial charge >= 0.3 is 6.18 Å². The molecule has 118 valence electrons. The summed E-state index contributed by atoms with van der Waals surface area (Å²) in [7, 11) is 0. The molecule has 0 aromatic heterocycles. The summed E-state index contributed by atoms with van der Waals surface area (Å²) >= 11 is 0. The summed E-state index contributed by atoms with van der Waals surface area (Å²) in [5, 5.41) is 3.22. The van der Waals surface area contributed by atoms with Crippen LogP contribution in [-0.4, -0.2) is 18.2 Å². The molecule has 1 N–H and O–H groups in total. The highest BCUT2D eigenvalue weighted by atomic mass is 19.4. The lowest BCUT2D eigenvalue weighted by Crippen LogP contribution is -2.43. The van der Waals surface area contributed by atoms with Crippen LogP contribution in [0, 0.1) is 5.82 Å². The number of nitrogens with one attached hydrogen (secondary N) is 1. The van der Waals surface area contributed by atoms with Crippen molar-refractivity contribution < 1.29 is 22.3 Å². The van der Waals surface area contributed by atoms with Gasteiger partial charge in [-0.1, -0.05) is 6.07 Å². The fourth-order valence-corrected chi connectivity index (χ4v) is 2.57. The fourth-order valence-electron chi connectivity index (χ4n) is 2.57. The number of hydrogen-bond donors (Lipinski definition) is 1. The molecule has 1 unspecified atom stereocenters. The maximum Gasteiger partial charge on any atom is 0.419 e. The summed E-state index contributed by atoms with van der Waals surface area (Å²) in [5.74, 6) is -1.24. The Morgan fingerprint density at radius 2 is 2.05 bits per heavy atom. The molecule has 0 amide bonds. The molecule has 1 aromatic carbocycles. The molecule has 0 aliphatic carbocycles. The number of ether oxygens (including phenoxy) is 1. The van der Waals surface area contributed by atoms with Gasteiger partial charge in [0.05, 0.1) is 11.2 Å². The third kappa shape index (κ3) is 4.41. The Kier molecular flexibility index (Phi) is 4.58. The van der Waals surface area contributed by atoms with Crippen molar-refractivity contribution in [2.75, 3.05) is 6.61 Å². The van der Waals surface area contributed by atoms with E-state index < -0.39 is 17.6 Å². The summed E-state index contributed by atoms with van der Waals surface area (Å²) in [6.45, 7) is 4.88. The van der Waals surface area contributed by atoms with Crippen LogP contribution >= 0.6 is 0 Å². The van der Waals surface area contributed by atoms with Crippen LogP contribution in [0.15, 0.2) is 18.2 Å². The molecular weight excluding hydrogens is 286 g/mol. The molecule has 0 saturated carbocycles. The first-order valence-electron chi connectivity index (χ1n) is 6.90. The van der Waals surface area contributed by atoms with Crippen molar-refractivity contribution in [2.24, 2.45) is 0 Å². The third-order valence-corrected chi connectivity index (χ3v) is 3.63. The van der Waals surface area contributed by atoms with E-state index in [1.165, 1.54) is 6.07 Å². The predicted molar refractivity (Wildman–Crippen MR) is 71.3 cm³/mol. The van der Waals surface area contributed by atoms with E-state index in [-0.39, 0.29) is 18.2 Å². The van der Waals surface area contributed by atoms with Gasteiger partial charge < -0.3 is 10.1 Å². The third-order valence-electron chi connectivity index (χ3n) is 3.63. The zero-order valence-electron chi connectivity index (χ0n) is 12.1. The van der Waals surface area contributed by atoms with Gasteiger partial charge in [0.15, 0.2) is 0 Å². The van der Waals surface area contributed by atoms with Gasteiger partial charge in [0.25, 0.3) is 0 Å². The van der Waals surface area contributed by atoms with Crippen LogP contribution in [-0.2, 0) is 17.5 Å². The minimum Gasteiger partial charge on any atom is -0.375 e. The largest absolute Gasteiger partial charge is 0.419 e. The molecule has 2 rings (SSSR count). The monoisotopic (exact) mass is 305 g/mol. The molecule has 0 spiro atoms. The number of halogens is 4. The Balaban J connectivity index is 2.01. The van der Waals surface area contributed by atoms with Crippen molar-refractivity contribution in [2.45, 2.75) is 51.1 Å². The van der Waals surface area contributed by atoms with Crippen LogP contribution in [0.1, 0.15) is 37.8 Å². The van der Waals surface area contributed by atoms with Crippen molar-refractivity contribution in [1.29, 1.82) is 0 Å². The molecular formula is C15H19F4NO. The standard InChI is InChI=1S/C15H19F4NO/c1-14(2)8-11(5-6-21-14)20-9-10-3-4-13(16)12(7-10)15(17,18)19/h3-4,7,11,20H,5-6,8-9H2,1-2H3. The second-order valence-electron chi connectivity index (χ2n) is 5.99. The SMILES string of the molecule is CC1(C)CC(NCc2ccc(F)c(C(F)(F)F)c2)CCO1. The van der Waals surface area contributed by atoms with Crippen LogP contribution in [0.5, 0.6) is 0 Å². The van der Waals surface area contributed by atoms with Gasteiger partial charge in [0.2, 0.25) is 0 Å². The highest BCUT2D eigenvalue weighted by molar-refractivity contribution is 5.27. The topological polar surface area (TPSA) is 21.3 Å². The maximum atomic E-state index is 13.2. The van der Waals surface area contributed by atoms with Crippen molar-refractivity contribution in [3.05, 3.63) is 35.1 Å². The highest BCUT2D eigenvalue weighted by Gasteiger charge is 2.34.